The smallest absolute Gasteiger partial charge is 0.0189 e. The molecule has 0 aliphatic heterocycles. The van der Waals surface area contributed by atoms with Crippen LogP contribution in [-0.2, 0) is 6.42 Å². The Hall–Kier alpha value is -0.860. The van der Waals surface area contributed by atoms with Gasteiger partial charge in [-0.25, -0.2) is 0 Å². The highest BCUT2D eigenvalue weighted by atomic mass is 15.1. The molecular formula is C14H24N2. The van der Waals surface area contributed by atoms with Crippen molar-refractivity contribution < 1.29 is 0 Å². The van der Waals surface area contributed by atoms with Gasteiger partial charge in [0.1, 0.15) is 0 Å². The van der Waals surface area contributed by atoms with Crippen molar-refractivity contribution in [1.29, 1.82) is 0 Å². The van der Waals surface area contributed by atoms with Crippen LogP contribution in [-0.4, -0.2) is 38.1 Å². The minimum absolute atomic E-state index is 0.612. The Morgan fingerprint density at radius 1 is 1.25 bits per heavy atom. The number of nitrogens with zero attached hydrogens (tertiary/aromatic N) is 1. The summed E-state index contributed by atoms with van der Waals surface area (Å²) in [6, 6.07) is 11.3. The second kappa shape index (κ2) is 7.42. The summed E-state index contributed by atoms with van der Waals surface area (Å²) in [6.45, 7) is 4.48. The molecule has 0 saturated carbocycles. The van der Waals surface area contributed by atoms with Crippen LogP contribution in [0.25, 0.3) is 0 Å². The van der Waals surface area contributed by atoms with E-state index in [4.69, 9.17) is 0 Å². The highest BCUT2D eigenvalue weighted by molar-refractivity contribution is 5.14. The zero-order chi connectivity index (χ0) is 11.8. The Kier molecular flexibility index (Phi) is 6.12. The van der Waals surface area contributed by atoms with Gasteiger partial charge < -0.3 is 10.2 Å². The van der Waals surface area contributed by atoms with E-state index in [0.717, 1.165) is 19.5 Å². The fraction of sp³-hybridized carbons (Fsp3) is 0.571. The van der Waals surface area contributed by atoms with Gasteiger partial charge in [-0.3, -0.25) is 0 Å². The standard InChI is InChI=1S/C14H24N2/c1-4-14(15-2)12-16(3)11-10-13-8-6-5-7-9-13/h5-9,14-15H,4,10-12H2,1-3H3. The van der Waals surface area contributed by atoms with E-state index < -0.39 is 0 Å². The Morgan fingerprint density at radius 2 is 1.94 bits per heavy atom. The normalized spacial score (nSPS) is 13.0. The van der Waals surface area contributed by atoms with Crippen LogP contribution in [0.4, 0.5) is 0 Å². The van der Waals surface area contributed by atoms with Gasteiger partial charge in [-0.1, -0.05) is 37.3 Å². The number of likely N-dealkylation sites (N-methyl/N-ethyl adjacent to an activating group) is 2. The van der Waals surface area contributed by atoms with Gasteiger partial charge in [0, 0.05) is 19.1 Å². The molecule has 0 fully saturated rings. The van der Waals surface area contributed by atoms with Gasteiger partial charge in [-0.15, -0.1) is 0 Å². The highest BCUT2D eigenvalue weighted by Gasteiger charge is 2.06. The largest absolute Gasteiger partial charge is 0.316 e. The van der Waals surface area contributed by atoms with Gasteiger partial charge in [0.05, 0.1) is 0 Å². The number of nitrogens with one attached hydrogen (secondary N) is 1. The Bertz CT molecular complexity index is 267. The lowest BCUT2D eigenvalue weighted by Crippen LogP contribution is -2.37. The molecule has 1 atom stereocenters. The minimum Gasteiger partial charge on any atom is -0.316 e. The van der Waals surface area contributed by atoms with Gasteiger partial charge in [0.15, 0.2) is 0 Å². The first-order valence-corrected chi connectivity index (χ1v) is 6.16. The predicted octanol–water partition coefficient (Wildman–Crippen LogP) is 2.16. The van der Waals surface area contributed by atoms with Crippen molar-refractivity contribution in [2.45, 2.75) is 25.8 Å². The Labute approximate surface area is 99.7 Å². The quantitative estimate of drug-likeness (QED) is 0.757. The lowest BCUT2D eigenvalue weighted by Gasteiger charge is -2.22. The van der Waals surface area contributed by atoms with Crippen LogP contribution in [0.5, 0.6) is 0 Å². The molecule has 1 aromatic rings. The summed E-state index contributed by atoms with van der Waals surface area (Å²) >= 11 is 0. The van der Waals surface area contributed by atoms with Gasteiger partial charge in [-0.05, 0) is 32.5 Å². The molecule has 1 unspecified atom stereocenters. The van der Waals surface area contributed by atoms with Crippen molar-refractivity contribution in [3.8, 4) is 0 Å². The molecule has 1 rings (SSSR count). The second-order valence-electron chi connectivity index (χ2n) is 4.39. The van der Waals surface area contributed by atoms with Crippen LogP contribution >= 0.6 is 0 Å². The predicted molar refractivity (Wildman–Crippen MR) is 70.8 cm³/mol. The van der Waals surface area contributed by atoms with Crippen molar-refractivity contribution in [2.24, 2.45) is 0 Å². The van der Waals surface area contributed by atoms with E-state index in [1.807, 2.05) is 7.05 Å². The van der Waals surface area contributed by atoms with E-state index in [1.165, 1.54) is 12.0 Å². The fourth-order valence-corrected chi connectivity index (χ4v) is 1.86. The molecule has 0 spiro atoms. The third-order valence-corrected chi connectivity index (χ3v) is 3.06. The Balaban J connectivity index is 2.27. The first-order chi connectivity index (χ1) is 7.76. The minimum atomic E-state index is 0.612. The van der Waals surface area contributed by atoms with Crippen LogP contribution in [0, 0.1) is 0 Å². The topological polar surface area (TPSA) is 15.3 Å². The van der Waals surface area contributed by atoms with Crippen molar-refractivity contribution in [2.75, 3.05) is 27.2 Å². The first-order valence-electron chi connectivity index (χ1n) is 6.16. The summed E-state index contributed by atoms with van der Waals surface area (Å²) in [6.07, 6.45) is 2.32. The van der Waals surface area contributed by atoms with Crippen molar-refractivity contribution in [1.82, 2.24) is 10.2 Å². The molecule has 0 bridgehead atoms. The van der Waals surface area contributed by atoms with Gasteiger partial charge >= 0.3 is 0 Å². The van der Waals surface area contributed by atoms with Crippen LogP contribution in [0.2, 0.25) is 0 Å². The average molecular weight is 220 g/mol. The summed E-state index contributed by atoms with van der Waals surface area (Å²) in [7, 11) is 4.24. The molecule has 16 heavy (non-hydrogen) atoms. The van der Waals surface area contributed by atoms with Crippen molar-refractivity contribution >= 4 is 0 Å². The molecule has 0 amide bonds. The van der Waals surface area contributed by atoms with E-state index >= 15 is 0 Å². The summed E-state index contributed by atoms with van der Waals surface area (Å²) < 4.78 is 0. The summed E-state index contributed by atoms with van der Waals surface area (Å²) in [5.41, 5.74) is 1.42. The molecule has 2 nitrogen and oxygen atoms in total. The molecule has 1 aromatic carbocycles. The zero-order valence-corrected chi connectivity index (χ0v) is 10.7. The monoisotopic (exact) mass is 220 g/mol. The van der Waals surface area contributed by atoms with Crippen LogP contribution < -0.4 is 5.32 Å². The average Bonchev–Trinajstić information content (AvgIpc) is 2.34. The molecule has 0 aliphatic rings. The first kappa shape index (κ1) is 13.2. The van der Waals surface area contributed by atoms with E-state index in [0.29, 0.717) is 6.04 Å². The fourth-order valence-electron chi connectivity index (χ4n) is 1.86. The number of benzene rings is 1. The van der Waals surface area contributed by atoms with Gasteiger partial charge in [-0.2, -0.15) is 0 Å². The molecule has 0 heterocycles. The number of hydrogen-bond acceptors (Lipinski definition) is 2. The lowest BCUT2D eigenvalue weighted by molar-refractivity contribution is 0.294. The second-order valence-corrected chi connectivity index (χ2v) is 4.39. The third kappa shape index (κ3) is 4.77. The SMILES string of the molecule is CCC(CN(C)CCc1ccccc1)NC. The molecule has 2 heteroatoms. The van der Waals surface area contributed by atoms with Crippen molar-refractivity contribution in [3.63, 3.8) is 0 Å². The summed E-state index contributed by atoms with van der Waals surface area (Å²) in [5, 5.41) is 3.34. The molecular weight excluding hydrogens is 196 g/mol. The molecule has 1 N–H and O–H groups in total. The summed E-state index contributed by atoms with van der Waals surface area (Å²) in [4.78, 5) is 2.40. The molecule has 0 aromatic heterocycles. The Morgan fingerprint density at radius 3 is 2.50 bits per heavy atom. The molecule has 90 valence electrons. The van der Waals surface area contributed by atoms with E-state index in [2.05, 4.69) is 54.5 Å². The van der Waals surface area contributed by atoms with Crippen LogP contribution in [0.15, 0.2) is 30.3 Å². The third-order valence-electron chi connectivity index (χ3n) is 3.06. The lowest BCUT2D eigenvalue weighted by atomic mass is 10.1. The maximum atomic E-state index is 3.34. The van der Waals surface area contributed by atoms with E-state index in [9.17, 15) is 0 Å². The van der Waals surface area contributed by atoms with E-state index in [-0.39, 0.29) is 0 Å². The molecule has 0 radical (unpaired) electrons. The van der Waals surface area contributed by atoms with E-state index in [1.54, 1.807) is 0 Å². The van der Waals surface area contributed by atoms with Crippen LogP contribution in [0.1, 0.15) is 18.9 Å². The van der Waals surface area contributed by atoms with Crippen LogP contribution in [0.3, 0.4) is 0 Å². The zero-order valence-electron chi connectivity index (χ0n) is 10.7. The highest BCUT2D eigenvalue weighted by Crippen LogP contribution is 2.01. The van der Waals surface area contributed by atoms with Gasteiger partial charge in [0.25, 0.3) is 0 Å². The number of rotatable bonds is 7. The maximum absolute atomic E-state index is 3.34. The summed E-state index contributed by atoms with van der Waals surface area (Å²) in [5.74, 6) is 0. The maximum Gasteiger partial charge on any atom is 0.0189 e. The van der Waals surface area contributed by atoms with Gasteiger partial charge in [0.2, 0.25) is 0 Å². The molecule has 0 aliphatic carbocycles. The number of hydrogen-bond donors (Lipinski definition) is 1. The molecule has 0 saturated heterocycles. The van der Waals surface area contributed by atoms with Crippen molar-refractivity contribution in [3.05, 3.63) is 35.9 Å².